The van der Waals surface area contributed by atoms with Crippen molar-refractivity contribution >= 4 is 46.0 Å². The van der Waals surface area contributed by atoms with Gasteiger partial charge in [0.2, 0.25) is 5.91 Å². The molecule has 35 heavy (non-hydrogen) atoms. The van der Waals surface area contributed by atoms with E-state index in [0.717, 1.165) is 30.8 Å². The van der Waals surface area contributed by atoms with Crippen LogP contribution in [0.25, 0.3) is 0 Å². The molecule has 1 aromatic heterocycles. The number of rotatable bonds is 7. The average molecular weight is 529 g/mol. The Bertz CT molecular complexity index is 1030. The van der Waals surface area contributed by atoms with Crippen molar-refractivity contribution in [2.75, 3.05) is 18.0 Å². The maximum absolute atomic E-state index is 12.5. The fourth-order valence-electron chi connectivity index (χ4n) is 5.54. The van der Waals surface area contributed by atoms with Crippen LogP contribution >= 0.6 is 23.1 Å². The van der Waals surface area contributed by atoms with Crippen molar-refractivity contribution in [1.82, 2.24) is 15.2 Å². The number of amides is 2. The summed E-state index contributed by atoms with van der Waals surface area (Å²) in [6.07, 6.45) is 4.77. The Morgan fingerprint density at radius 3 is 2.60 bits per heavy atom. The molecule has 0 unspecified atom stereocenters. The van der Waals surface area contributed by atoms with Crippen molar-refractivity contribution in [3.8, 4) is 0 Å². The number of β-lactam (4-membered cyclic amide) rings is 1. The number of carbonyl (C=O) groups excluding carboxylic acids is 3. The Labute approximate surface area is 235 Å². The molecule has 1 aromatic rings. The number of nitrogens with zero attached hydrogens (tertiary/aromatic N) is 3. The molecule has 4 heterocycles. The standard InChI is InChI=1S/C23H30N4O5S2.Na/c1-11-17-16(12(2)28)21(30)27(17)18(22(31)32)19(11)34-14-8-26(9-14)23-25-15(10-33-23)20(29)24-13-6-4-3-5-7-13;/h10-14,16-17,28H,3-9H2,1-2H3,(H,24,29)(H,31,32);/q;+1/p-1/t11-,12-,16-,17-;/m1./s1. The molecule has 3 fully saturated rings. The van der Waals surface area contributed by atoms with E-state index in [1.54, 1.807) is 12.3 Å². The number of aliphatic hydroxyl groups excluding tert-OH is 1. The van der Waals surface area contributed by atoms with Gasteiger partial charge in [-0.2, -0.15) is 0 Å². The van der Waals surface area contributed by atoms with Crippen LogP contribution in [0, 0.1) is 11.8 Å². The van der Waals surface area contributed by atoms with Gasteiger partial charge in [-0.1, -0.05) is 26.2 Å². The van der Waals surface area contributed by atoms with Crippen LogP contribution in [0.15, 0.2) is 16.0 Å². The van der Waals surface area contributed by atoms with Gasteiger partial charge >= 0.3 is 29.6 Å². The molecule has 12 heteroatoms. The Hall–Kier alpha value is -1.11. The number of anilines is 1. The number of thiazole rings is 1. The fourth-order valence-corrected chi connectivity index (χ4v) is 7.88. The quantitative estimate of drug-likeness (QED) is 0.306. The minimum atomic E-state index is -1.35. The van der Waals surface area contributed by atoms with Crippen LogP contribution in [0.2, 0.25) is 0 Å². The average Bonchev–Trinajstić information content (AvgIpc) is 3.33. The van der Waals surface area contributed by atoms with Crippen LogP contribution in [-0.2, 0) is 9.59 Å². The number of aliphatic hydroxyl groups is 1. The van der Waals surface area contributed by atoms with Gasteiger partial charge in [0, 0.05) is 40.6 Å². The van der Waals surface area contributed by atoms with E-state index in [-0.39, 0.29) is 70.3 Å². The summed E-state index contributed by atoms with van der Waals surface area (Å²) in [4.78, 5) is 45.4. The third-order valence-corrected chi connectivity index (χ3v) is 9.73. The summed E-state index contributed by atoms with van der Waals surface area (Å²) in [5.74, 6) is -2.56. The third-order valence-electron chi connectivity index (χ3n) is 7.38. The molecular formula is C23H29N4NaO5S2. The van der Waals surface area contributed by atoms with Gasteiger partial charge in [-0.05, 0) is 19.8 Å². The van der Waals surface area contributed by atoms with E-state index in [2.05, 4.69) is 15.2 Å². The molecule has 3 aliphatic heterocycles. The van der Waals surface area contributed by atoms with Crippen molar-refractivity contribution in [2.45, 2.75) is 69.4 Å². The van der Waals surface area contributed by atoms with Gasteiger partial charge < -0.3 is 30.1 Å². The molecule has 4 aliphatic rings. The maximum Gasteiger partial charge on any atom is 1.00 e. The molecule has 1 saturated carbocycles. The van der Waals surface area contributed by atoms with E-state index in [9.17, 15) is 24.6 Å². The third kappa shape index (κ3) is 4.92. The number of hydrogen-bond donors (Lipinski definition) is 2. The van der Waals surface area contributed by atoms with E-state index >= 15 is 0 Å². The molecule has 0 aromatic carbocycles. The molecule has 4 atom stereocenters. The molecule has 0 spiro atoms. The zero-order valence-electron chi connectivity index (χ0n) is 20.2. The predicted octanol–water partition coefficient (Wildman–Crippen LogP) is -2.05. The van der Waals surface area contributed by atoms with Crippen molar-refractivity contribution in [3.05, 3.63) is 21.7 Å². The first-order valence-electron chi connectivity index (χ1n) is 11.9. The Morgan fingerprint density at radius 2 is 1.97 bits per heavy atom. The number of thioether (sulfide) groups is 1. The number of aliphatic carboxylic acids is 1. The Balaban J connectivity index is 0.00000289. The zero-order chi connectivity index (χ0) is 24.1. The first-order chi connectivity index (χ1) is 16.3. The number of carbonyl (C=O) groups is 3. The predicted molar refractivity (Wildman–Crippen MR) is 127 cm³/mol. The second-order valence-electron chi connectivity index (χ2n) is 9.72. The molecule has 2 amide bonds. The van der Waals surface area contributed by atoms with Crippen LogP contribution in [0.5, 0.6) is 0 Å². The molecular weight excluding hydrogens is 499 g/mol. The summed E-state index contributed by atoms with van der Waals surface area (Å²) >= 11 is 2.91. The second-order valence-corrected chi connectivity index (χ2v) is 11.9. The first kappa shape index (κ1) is 26.9. The number of carboxylic acids is 1. The molecule has 1 aliphatic carbocycles. The Kier molecular flexibility index (Phi) is 8.24. The van der Waals surface area contributed by atoms with Gasteiger partial charge in [-0.3, -0.25) is 9.59 Å². The molecule has 184 valence electrons. The maximum atomic E-state index is 12.5. The number of hydrogen-bond acceptors (Lipinski definition) is 9. The van der Waals surface area contributed by atoms with Crippen LogP contribution < -0.4 is 44.9 Å². The van der Waals surface area contributed by atoms with E-state index in [4.69, 9.17) is 0 Å². The van der Waals surface area contributed by atoms with E-state index in [0.29, 0.717) is 23.7 Å². The van der Waals surface area contributed by atoms with Crippen molar-refractivity contribution in [2.24, 2.45) is 11.8 Å². The van der Waals surface area contributed by atoms with Gasteiger partial charge in [0.1, 0.15) is 5.69 Å². The molecule has 0 bridgehead atoms. The number of carboxylic acid groups (broad SMARTS) is 1. The van der Waals surface area contributed by atoms with E-state index in [1.165, 1.54) is 34.4 Å². The Morgan fingerprint density at radius 1 is 1.29 bits per heavy atom. The summed E-state index contributed by atoms with van der Waals surface area (Å²) in [5, 5.41) is 27.6. The van der Waals surface area contributed by atoms with Crippen LogP contribution in [0.3, 0.4) is 0 Å². The second kappa shape index (κ2) is 10.7. The van der Waals surface area contributed by atoms with Crippen LogP contribution in [-0.4, -0.2) is 69.3 Å². The van der Waals surface area contributed by atoms with Gasteiger partial charge in [0.05, 0.1) is 29.7 Å². The SMILES string of the molecule is C[C@@H](O)[C@H]1C(=O)N2C(C(=O)[O-])=C(SC3CN(c4nc(C(=O)NC5CCCCC5)cs4)C3)[C@H](C)[C@H]12.[Na+]. The summed E-state index contributed by atoms with van der Waals surface area (Å²) < 4.78 is 0. The number of nitrogens with one attached hydrogen (secondary N) is 1. The molecule has 0 radical (unpaired) electrons. The van der Waals surface area contributed by atoms with Crippen LogP contribution in [0.1, 0.15) is 56.4 Å². The first-order valence-corrected chi connectivity index (χ1v) is 13.7. The summed E-state index contributed by atoms with van der Waals surface area (Å²) in [7, 11) is 0. The number of fused-ring (bicyclic) bond motifs is 1. The molecule has 9 nitrogen and oxygen atoms in total. The number of aromatic nitrogens is 1. The van der Waals surface area contributed by atoms with Gasteiger partial charge in [-0.15, -0.1) is 23.1 Å². The molecule has 5 rings (SSSR count). The van der Waals surface area contributed by atoms with E-state index < -0.39 is 18.0 Å². The van der Waals surface area contributed by atoms with Crippen molar-refractivity contribution in [3.63, 3.8) is 0 Å². The summed E-state index contributed by atoms with van der Waals surface area (Å²) in [6.45, 7) is 4.83. The van der Waals surface area contributed by atoms with Crippen LogP contribution in [0.4, 0.5) is 5.13 Å². The van der Waals surface area contributed by atoms with Gasteiger partial charge in [0.15, 0.2) is 5.13 Å². The normalized spacial score (nSPS) is 27.6. The largest absolute Gasteiger partial charge is 1.00 e. The minimum absolute atomic E-state index is 0. The monoisotopic (exact) mass is 528 g/mol. The van der Waals surface area contributed by atoms with Gasteiger partial charge in [0.25, 0.3) is 5.91 Å². The minimum Gasteiger partial charge on any atom is -0.543 e. The van der Waals surface area contributed by atoms with E-state index in [1.807, 2.05) is 6.92 Å². The van der Waals surface area contributed by atoms with Crippen molar-refractivity contribution in [1.29, 1.82) is 0 Å². The zero-order valence-corrected chi connectivity index (χ0v) is 23.9. The van der Waals surface area contributed by atoms with Crippen molar-refractivity contribution < 1.29 is 54.2 Å². The smallest absolute Gasteiger partial charge is 0.543 e. The topological polar surface area (TPSA) is 126 Å². The summed E-state index contributed by atoms with van der Waals surface area (Å²) in [5.41, 5.74) is 0.402. The molecule has 2 saturated heterocycles. The fraction of sp³-hybridized carbons (Fsp3) is 0.652. The summed E-state index contributed by atoms with van der Waals surface area (Å²) in [6, 6.07) is -0.0922. The molecule has 2 N–H and O–H groups in total. The van der Waals surface area contributed by atoms with Gasteiger partial charge in [-0.25, -0.2) is 4.98 Å².